The van der Waals surface area contributed by atoms with E-state index < -0.39 is 4.92 Å². The Bertz CT molecular complexity index is 607. The second-order valence-electron chi connectivity index (χ2n) is 5.70. The van der Waals surface area contributed by atoms with Crippen molar-refractivity contribution in [3.63, 3.8) is 0 Å². The molecule has 112 valence electrons. The molecule has 6 nitrogen and oxygen atoms in total. The number of carbonyl (C=O) groups excluding carboxylic acids is 1. The van der Waals surface area contributed by atoms with E-state index in [-0.39, 0.29) is 34.3 Å². The lowest BCUT2D eigenvalue weighted by atomic mass is 10.0. The average molecular weight is 310 g/mol. The van der Waals surface area contributed by atoms with Gasteiger partial charge in [-0.25, -0.2) is 0 Å². The van der Waals surface area contributed by atoms with Crippen LogP contribution >= 0.6 is 11.6 Å². The minimum Gasteiger partial charge on any atom is -0.331 e. The average Bonchev–Trinajstić information content (AvgIpc) is 2.97. The number of fused-ring (bicyclic) bond motifs is 1. The quantitative estimate of drug-likeness (QED) is 0.670. The number of likely N-dealkylation sites (tertiary alicyclic amines) is 1. The van der Waals surface area contributed by atoms with E-state index in [0.717, 1.165) is 19.5 Å². The molecule has 1 N–H and O–H groups in total. The van der Waals surface area contributed by atoms with E-state index in [4.69, 9.17) is 11.6 Å². The Morgan fingerprint density at radius 1 is 1.48 bits per heavy atom. The number of nitro benzene ring substituents is 1. The lowest BCUT2D eigenvalue weighted by Crippen LogP contribution is -2.43. The summed E-state index contributed by atoms with van der Waals surface area (Å²) in [6.45, 7) is 3.65. The molecule has 0 bridgehead atoms. The zero-order valence-corrected chi connectivity index (χ0v) is 12.3. The molecule has 0 aromatic heterocycles. The van der Waals surface area contributed by atoms with Crippen LogP contribution in [-0.4, -0.2) is 40.9 Å². The van der Waals surface area contributed by atoms with Crippen LogP contribution in [0.3, 0.4) is 0 Å². The minimum atomic E-state index is -0.551. The summed E-state index contributed by atoms with van der Waals surface area (Å²) >= 11 is 5.80. The molecule has 0 aliphatic carbocycles. The third-order valence-corrected chi connectivity index (χ3v) is 4.64. The van der Waals surface area contributed by atoms with Crippen LogP contribution in [0.2, 0.25) is 5.02 Å². The maximum Gasteiger partial charge on any atom is 0.283 e. The highest BCUT2D eigenvalue weighted by Crippen LogP contribution is 2.35. The smallest absolute Gasteiger partial charge is 0.283 e. The fourth-order valence-electron chi connectivity index (χ4n) is 3.49. The van der Waals surface area contributed by atoms with Crippen molar-refractivity contribution in [2.75, 3.05) is 13.1 Å². The first-order valence-electron chi connectivity index (χ1n) is 6.96. The molecule has 1 amide bonds. The molecule has 2 aliphatic heterocycles. The van der Waals surface area contributed by atoms with Crippen LogP contribution in [0.5, 0.6) is 0 Å². The molecule has 3 atom stereocenters. The molecule has 21 heavy (non-hydrogen) atoms. The highest BCUT2D eigenvalue weighted by molar-refractivity contribution is 6.31. The molecule has 1 aromatic carbocycles. The summed E-state index contributed by atoms with van der Waals surface area (Å²) in [4.78, 5) is 25.2. The van der Waals surface area contributed by atoms with E-state index in [1.807, 2.05) is 6.92 Å². The lowest BCUT2D eigenvalue weighted by molar-refractivity contribution is -0.385. The van der Waals surface area contributed by atoms with E-state index >= 15 is 0 Å². The Morgan fingerprint density at radius 2 is 2.24 bits per heavy atom. The predicted molar refractivity (Wildman–Crippen MR) is 78.5 cm³/mol. The minimum absolute atomic E-state index is 0.102. The Morgan fingerprint density at radius 3 is 2.95 bits per heavy atom. The number of nitrogens with zero attached hydrogens (tertiary/aromatic N) is 2. The molecule has 1 aromatic rings. The van der Waals surface area contributed by atoms with Crippen molar-refractivity contribution in [1.29, 1.82) is 0 Å². The normalized spacial score (nSPS) is 27.7. The lowest BCUT2D eigenvalue weighted by Gasteiger charge is -2.27. The monoisotopic (exact) mass is 309 g/mol. The van der Waals surface area contributed by atoms with Crippen LogP contribution in [0.15, 0.2) is 18.2 Å². The summed E-state index contributed by atoms with van der Waals surface area (Å²) in [5.74, 6) is 0.164. The summed E-state index contributed by atoms with van der Waals surface area (Å²) < 4.78 is 0. The van der Waals surface area contributed by atoms with Gasteiger partial charge in [0.1, 0.15) is 5.56 Å². The van der Waals surface area contributed by atoms with Crippen molar-refractivity contribution in [3.05, 3.63) is 38.9 Å². The van der Waals surface area contributed by atoms with Crippen molar-refractivity contribution >= 4 is 23.2 Å². The number of hydrogen-bond acceptors (Lipinski definition) is 4. The number of carbonyl (C=O) groups is 1. The van der Waals surface area contributed by atoms with Gasteiger partial charge >= 0.3 is 0 Å². The van der Waals surface area contributed by atoms with Gasteiger partial charge in [-0.15, -0.1) is 0 Å². The molecule has 3 rings (SSSR count). The fraction of sp³-hybridized carbons (Fsp3) is 0.500. The maximum atomic E-state index is 12.8. The second-order valence-corrected chi connectivity index (χ2v) is 6.14. The van der Waals surface area contributed by atoms with Gasteiger partial charge in [0.25, 0.3) is 11.6 Å². The molecule has 3 unspecified atom stereocenters. The molecule has 2 saturated heterocycles. The number of hydrogen-bond donors (Lipinski definition) is 1. The van der Waals surface area contributed by atoms with Gasteiger partial charge in [-0.05, 0) is 31.4 Å². The number of halogens is 1. The molecule has 2 fully saturated rings. The third kappa shape index (κ3) is 2.38. The highest BCUT2D eigenvalue weighted by Gasteiger charge is 2.45. The van der Waals surface area contributed by atoms with E-state index in [9.17, 15) is 14.9 Å². The summed E-state index contributed by atoms with van der Waals surface area (Å²) in [6.07, 6.45) is 0.935. The van der Waals surface area contributed by atoms with Crippen molar-refractivity contribution in [2.45, 2.75) is 25.4 Å². The summed E-state index contributed by atoms with van der Waals surface area (Å²) in [5, 5.41) is 14.7. The molecular formula is C14H16ClN3O3. The van der Waals surface area contributed by atoms with Gasteiger partial charge < -0.3 is 10.2 Å². The van der Waals surface area contributed by atoms with E-state index in [1.165, 1.54) is 18.2 Å². The predicted octanol–water partition coefficient (Wildman–Crippen LogP) is 2.07. The topological polar surface area (TPSA) is 75.5 Å². The van der Waals surface area contributed by atoms with E-state index in [2.05, 4.69) is 5.32 Å². The van der Waals surface area contributed by atoms with Gasteiger partial charge in [0.2, 0.25) is 0 Å². The van der Waals surface area contributed by atoms with E-state index in [0.29, 0.717) is 5.92 Å². The number of nitro groups is 1. The zero-order chi connectivity index (χ0) is 15.1. The Kier molecular flexibility index (Phi) is 3.59. The van der Waals surface area contributed by atoms with Crippen molar-refractivity contribution in [2.24, 2.45) is 5.92 Å². The first-order valence-corrected chi connectivity index (χ1v) is 7.34. The van der Waals surface area contributed by atoms with Crippen molar-refractivity contribution in [3.8, 4) is 0 Å². The van der Waals surface area contributed by atoms with Crippen molar-refractivity contribution in [1.82, 2.24) is 10.2 Å². The number of rotatable bonds is 2. The Labute approximate surface area is 127 Å². The molecule has 2 heterocycles. The van der Waals surface area contributed by atoms with Crippen molar-refractivity contribution < 1.29 is 9.72 Å². The van der Waals surface area contributed by atoms with Crippen LogP contribution < -0.4 is 5.32 Å². The SMILES string of the molecule is CC1CC2CNCC2N1C(=O)c1ccc(Cl)cc1[N+](=O)[O-]. The van der Waals surface area contributed by atoms with Gasteiger partial charge in [-0.2, -0.15) is 0 Å². The van der Waals surface area contributed by atoms with Crippen LogP contribution in [-0.2, 0) is 0 Å². The third-order valence-electron chi connectivity index (χ3n) is 4.40. The second kappa shape index (κ2) is 5.27. The van der Waals surface area contributed by atoms with E-state index in [1.54, 1.807) is 4.90 Å². The molecule has 0 saturated carbocycles. The largest absolute Gasteiger partial charge is 0.331 e. The standard InChI is InChI=1S/C14H16ClN3O3/c1-8-4-9-6-16-7-13(9)17(8)14(19)11-3-2-10(15)5-12(11)18(20)21/h2-3,5,8-9,13,16H,4,6-7H2,1H3. The summed E-state index contributed by atoms with van der Waals surface area (Å²) in [6, 6.07) is 4.44. The van der Waals surface area contributed by atoms with Crippen LogP contribution in [0.25, 0.3) is 0 Å². The Balaban J connectivity index is 1.97. The van der Waals surface area contributed by atoms with Crippen LogP contribution in [0, 0.1) is 16.0 Å². The first-order chi connectivity index (χ1) is 9.99. The fourth-order valence-corrected chi connectivity index (χ4v) is 3.66. The van der Waals surface area contributed by atoms with Gasteiger partial charge in [0.15, 0.2) is 0 Å². The maximum absolute atomic E-state index is 12.8. The summed E-state index contributed by atoms with van der Waals surface area (Å²) in [5.41, 5.74) is -0.113. The van der Waals surface area contributed by atoms with Crippen LogP contribution in [0.4, 0.5) is 5.69 Å². The molecule has 2 aliphatic rings. The molecular weight excluding hydrogens is 294 g/mol. The first kappa shape index (κ1) is 14.3. The number of amides is 1. The van der Waals surface area contributed by atoms with Gasteiger partial charge in [0, 0.05) is 36.3 Å². The van der Waals surface area contributed by atoms with Gasteiger partial charge in [-0.1, -0.05) is 11.6 Å². The number of nitrogens with one attached hydrogen (secondary N) is 1. The van der Waals surface area contributed by atoms with Crippen LogP contribution in [0.1, 0.15) is 23.7 Å². The van der Waals surface area contributed by atoms with Gasteiger partial charge in [-0.3, -0.25) is 14.9 Å². The van der Waals surface area contributed by atoms with Gasteiger partial charge in [0.05, 0.1) is 4.92 Å². The Hall–Kier alpha value is -1.66. The zero-order valence-electron chi connectivity index (χ0n) is 11.6. The molecule has 0 spiro atoms. The molecule has 0 radical (unpaired) electrons. The summed E-state index contributed by atoms with van der Waals surface area (Å²) in [7, 11) is 0. The molecule has 7 heteroatoms. The number of benzene rings is 1. The highest BCUT2D eigenvalue weighted by atomic mass is 35.5.